The summed E-state index contributed by atoms with van der Waals surface area (Å²) in [4.78, 5) is 6.76. The number of nitrogens with zero attached hydrogens (tertiary/aromatic N) is 3. The van der Waals surface area contributed by atoms with Crippen molar-refractivity contribution >= 4 is 45.5 Å². The summed E-state index contributed by atoms with van der Waals surface area (Å²) < 4.78 is 31.7. The Morgan fingerprint density at radius 2 is 1.90 bits per heavy atom. The lowest BCUT2D eigenvalue weighted by molar-refractivity contribution is 0.0731. The van der Waals surface area contributed by atoms with Gasteiger partial charge >= 0.3 is 0 Å². The molecule has 1 saturated heterocycles. The highest BCUT2D eigenvalue weighted by atomic mass is 127. The van der Waals surface area contributed by atoms with Crippen molar-refractivity contribution in [3.8, 4) is 0 Å². The monoisotopic (exact) mass is 534 g/mol. The molecule has 0 aromatic heterocycles. The van der Waals surface area contributed by atoms with E-state index in [1.807, 2.05) is 13.0 Å². The topological polar surface area (TPSA) is 74.2 Å². The van der Waals surface area contributed by atoms with Crippen molar-refractivity contribution < 1.29 is 13.2 Å². The summed E-state index contributed by atoms with van der Waals surface area (Å²) in [5, 5.41) is 3.29. The highest BCUT2D eigenvalue weighted by Crippen LogP contribution is 2.22. The van der Waals surface area contributed by atoms with Crippen molar-refractivity contribution in [1.29, 1.82) is 0 Å². The highest BCUT2D eigenvalue weighted by molar-refractivity contribution is 14.0. The van der Waals surface area contributed by atoms with Crippen LogP contribution < -0.4 is 5.32 Å². The van der Waals surface area contributed by atoms with Crippen LogP contribution in [0.2, 0.25) is 0 Å². The molecule has 2 aliphatic rings. The van der Waals surface area contributed by atoms with Gasteiger partial charge in [-0.25, -0.2) is 8.42 Å². The smallest absolute Gasteiger partial charge is 0.216 e. The van der Waals surface area contributed by atoms with E-state index in [0.717, 1.165) is 32.0 Å². The molecule has 29 heavy (non-hydrogen) atoms. The maximum Gasteiger partial charge on any atom is 0.216 e. The van der Waals surface area contributed by atoms with Crippen LogP contribution in [-0.4, -0.2) is 81.8 Å². The first-order chi connectivity index (χ1) is 13.6. The number of morpholine rings is 1. The van der Waals surface area contributed by atoms with Crippen LogP contribution in [0, 0.1) is 0 Å². The number of sulfonamides is 1. The summed E-state index contributed by atoms with van der Waals surface area (Å²) in [6.45, 7) is 6.47. The third-order valence-corrected chi connectivity index (χ3v) is 6.81. The van der Waals surface area contributed by atoms with Gasteiger partial charge in [0.25, 0.3) is 0 Å². The summed E-state index contributed by atoms with van der Waals surface area (Å²) in [7, 11) is -3.28. The molecule has 1 fully saturated rings. The maximum absolute atomic E-state index is 12.5. The minimum Gasteiger partial charge on any atom is -0.379 e. The number of hydrogen-bond acceptors (Lipinski definition) is 4. The molecule has 0 aliphatic carbocycles. The zero-order valence-corrected chi connectivity index (χ0v) is 20.1. The molecule has 2 aliphatic heterocycles. The third kappa shape index (κ3) is 6.94. The van der Waals surface area contributed by atoms with Gasteiger partial charge in [0.2, 0.25) is 10.0 Å². The van der Waals surface area contributed by atoms with E-state index in [-0.39, 0.29) is 36.3 Å². The van der Waals surface area contributed by atoms with E-state index in [4.69, 9.17) is 4.74 Å². The lowest BCUT2D eigenvalue weighted by Gasteiger charge is -2.30. The summed E-state index contributed by atoms with van der Waals surface area (Å²) in [5.74, 6) is 0.809. The number of hydrogen-bond donors (Lipinski definition) is 1. The Hall–Kier alpha value is -1.17. The van der Waals surface area contributed by atoms with Crippen LogP contribution >= 0.6 is 24.0 Å². The molecule has 7 nitrogen and oxygen atoms in total. The van der Waals surface area contributed by atoms with Crippen LogP contribution in [0.15, 0.2) is 41.4 Å². The van der Waals surface area contributed by atoms with Crippen molar-refractivity contribution in [3.63, 3.8) is 0 Å². The number of ether oxygens (including phenoxy) is 1. The largest absolute Gasteiger partial charge is 0.379 e. The van der Waals surface area contributed by atoms with E-state index in [9.17, 15) is 8.42 Å². The molecule has 1 aromatic carbocycles. The quantitative estimate of drug-likeness (QED) is 0.344. The van der Waals surface area contributed by atoms with Gasteiger partial charge in [0, 0.05) is 32.7 Å². The van der Waals surface area contributed by atoms with Gasteiger partial charge in [-0.1, -0.05) is 36.4 Å². The molecule has 0 atom stereocenters. The number of guanidine groups is 1. The second-order valence-corrected chi connectivity index (χ2v) is 8.94. The van der Waals surface area contributed by atoms with Gasteiger partial charge < -0.3 is 15.0 Å². The molecule has 0 radical (unpaired) electrons. The van der Waals surface area contributed by atoms with E-state index >= 15 is 0 Å². The van der Waals surface area contributed by atoms with Crippen LogP contribution in [0.25, 0.3) is 5.57 Å². The summed E-state index contributed by atoms with van der Waals surface area (Å²) in [5.41, 5.74) is 2.61. The molecule has 0 spiro atoms. The minimum absolute atomic E-state index is 0. The van der Waals surface area contributed by atoms with E-state index < -0.39 is 10.0 Å². The fraction of sp³-hybridized carbons (Fsp3) is 0.550. The van der Waals surface area contributed by atoms with Crippen molar-refractivity contribution in [2.75, 3.05) is 58.2 Å². The molecular formula is C20H31IN4O3S. The Morgan fingerprint density at radius 1 is 1.17 bits per heavy atom. The average Bonchev–Trinajstić information content (AvgIpc) is 2.74. The van der Waals surface area contributed by atoms with Gasteiger partial charge in [-0.2, -0.15) is 4.31 Å². The minimum atomic E-state index is -3.28. The first-order valence-electron chi connectivity index (χ1n) is 9.93. The first-order valence-corrected chi connectivity index (χ1v) is 11.5. The van der Waals surface area contributed by atoms with Crippen molar-refractivity contribution in [2.24, 2.45) is 4.99 Å². The van der Waals surface area contributed by atoms with Crippen LogP contribution in [0.1, 0.15) is 18.9 Å². The Kier molecular flexibility index (Phi) is 9.87. The van der Waals surface area contributed by atoms with Gasteiger partial charge in [0.1, 0.15) is 0 Å². The zero-order chi connectivity index (χ0) is 19.8. The van der Waals surface area contributed by atoms with Gasteiger partial charge in [0.05, 0.1) is 25.5 Å². The first kappa shape index (κ1) is 24.1. The number of halogens is 1. The predicted octanol–water partition coefficient (Wildman–Crippen LogP) is 2.02. The average molecular weight is 534 g/mol. The van der Waals surface area contributed by atoms with Crippen molar-refractivity contribution in [2.45, 2.75) is 13.3 Å². The normalized spacial score (nSPS) is 18.7. The SMILES string of the molecule is CCNC(=NCCS(=O)(=O)N1CCOCC1)N1CC=C(c2ccccc2)CC1.I. The molecule has 2 heterocycles. The Balaban J connectivity index is 0.00000300. The lowest BCUT2D eigenvalue weighted by Crippen LogP contribution is -2.44. The molecule has 9 heteroatoms. The third-order valence-electron chi connectivity index (χ3n) is 4.96. The maximum atomic E-state index is 12.5. The molecular weight excluding hydrogens is 503 g/mol. The molecule has 1 N–H and O–H groups in total. The van der Waals surface area contributed by atoms with Gasteiger partial charge in [-0.3, -0.25) is 4.99 Å². The molecule has 1 aromatic rings. The summed E-state index contributed by atoms with van der Waals surface area (Å²) in [6, 6.07) is 10.4. The summed E-state index contributed by atoms with van der Waals surface area (Å²) in [6.07, 6.45) is 3.18. The molecule has 3 rings (SSSR count). The molecule has 162 valence electrons. The van der Waals surface area contributed by atoms with E-state index in [0.29, 0.717) is 26.3 Å². The van der Waals surface area contributed by atoms with Crippen molar-refractivity contribution in [3.05, 3.63) is 42.0 Å². The summed E-state index contributed by atoms with van der Waals surface area (Å²) >= 11 is 0. The van der Waals surface area contributed by atoms with Crippen LogP contribution in [0.4, 0.5) is 0 Å². The number of rotatable bonds is 6. The van der Waals surface area contributed by atoms with Crippen LogP contribution in [-0.2, 0) is 14.8 Å². The standard InChI is InChI=1S/C20H30N4O3S.HI/c1-2-21-20(22-10-17-28(25,26)24-13-15-27-16-14-24)23-11-8-19(9-12-23)18-6-4-3-5-7-18;/h3-8H,2,9-17H2,1H3,(H,21,22);1H. The van der Waals surface area contributed by atoms with Crippen molar-refractivity contribution in [1.82, 2.24) is 14.5 Å². The number of nitrogens with one attached hydrogen (secondary N) is 1. The van der Waals surface area contributed by atoms with E-state index in [1.54, 1.807) is 0 Å². The molecule has 0 saturated carbocycles. The predicted molar refractivity (Wildman–Crippen MR) is 128 cm³/mol. The van der Waals surface area contributed by atoms with Gasteiger partial charge in [-0.05, 0) is 24.5 Å². The fourth-order valence-electron chi connectivity index (χ4n) is 3.42. The van der Waals surface area contributed by atoms with E-state index in [1.165, 1.54) is 15.4 Å². The lowest BCUT2D eigenvalue weighted by atomic mass is 10.00. The Bertz CT molecular complexity index is 793. The van der Waals surface area contributed by atoms with Gasteiger partial charge in [-0.15, -0.1) is 24.0 Å². The number of aliphatic imine (C=N–C) groups is 1. The van der Waals surface area contributed by atoms with Crippen LogP contribution in [0.5, 0.6) is 0 Å². The second kappa shape index (κ2) is 11.9. The van der Waals surface area contributed by atoms with Gasteiger partial charge in [0.15, 0.2) is 5.96 Å². The molecule has 0 unspecified atom stereocenters. The fourth-order valence-corrected chi connectivity index (χ4v) is 4.71. The van der Waals surface area contributed by atoms with Crippen LogP contribution in [0.3, 0.4) is 0 Å². The molecule has 0 bridgehead atoms. The highest BCUT2D eigenvalue weighted by Gasteiger charge is 2.24. The number of benzene rings is 1. The Labute approximate surface area is 191 Å². The second-order valence-electron chi connectivity index (χ2n) is 6.85. The zero-order valence-electron chi connectivity index (χ0n) is 16.9. The Morgan fingerprint density at radius 3 is 2.52 bits per heavy atom. The van der Waals surface area contributed by atoms with E-state index in [2.05, 4.69) is 45.6 Å². The molecule has 0 amide bonds.